The van der Waals surface area contributed by atoms with Crippen molar-refractivity contribution in [2.75, 3.05) is 26.2 Å². The van der Waals surface area contributed by atoms with E-state index >= 15 is 0 Å². The lowest BCUT2D eigenvalue weighted by Gasteiger charge is -2.38. The molecule has 5 nitrogen and oxygen atoms in total. The Morgan fingerprint density at radius 3 is 2.41 bits per heavy atom. The van der Waals surface area contributed by atoms with Crippen LogP contribution in [0.15, 0.2) is 18.2 Å². The van der Waals surface area contributed by atoms with Gasteiger partial charge >= 0.3 is 5.97 Å². The lowest BCUT2D eigenvalue weighted by Crippen LogP contribution is -2.52. The third kappa shape index (κ3) is 3.57. The van der Waals surface area contributed by atoms with Crippen LogP contribution in [0.4, 0.5) is 4.39 Å². The van der Waals surface area contributed by atoms with Crippen molar-refractivity contribution in [3.8, 4) is 0 Å². The molecular formula is C20H24ClFN2O3. The van der Waals surface area contributed by atoms with Crippen LogP contribution in [0.2, 0.25) is 5.02 Å². The van der Waals surface area contributed by atoms with E-state index in [0.717, 1.165) is 37.9 Å². The van der Waals surface area contributed by atoms with Crippen LogP contribution in [0, 0.1) is 29.5 Å². The summed E-state index contributed by atoms with van der Waals surface area (Å²) < 4.78 is 13.3. The average molecular weight is 395 g/mol. The van der Waals surface area contributed by atoms with E-state index in [0.29, 0.717) is 19.6 Å². The standard InChI is InChI=1S/C20H24ClFN2O3/c21-15-9-12(1-4-16(15)22)11-23-5-7-24(8-6-23)19(25)17-13-2-3-14(10-13)18(17)20(26)27/h1,4,9,13-14,17-18H,2-3,5-8,10-11H2,(H,26,27)/t13-,14-,17-,18+/m0/s1. The molecule has 4 atom stereocenters. The number of fused-ring (bicyclic) bond motifs is 2. The van der Waals surface area contributed by atoms with Gasteiger partial charge in [-0.2, -0.15) is 0 Å². The molecule has 2 bridgehead atoms. The van der Waals surface area contributed by atoms with Crippen molar-refractivity contribution in [2.24, 2.45) is 23.7 Å². The Morgan fingerprint density at radius 1 is 1.11 bits per heavy atom. The minimum atomic E-state index is -0.813. The molecule has 1 amide bonds. The normalized spacial score (nSPS) is 30.7. The first-order chi connectivity index (χ1) is 12.9. The highest BCUT2D eigenvalue weighted by Crippen LogP contribution is 2.53. The van der Waals surface area contributed by atoms with Gasteiger partial charge in [0.05, 0.1) is 16.9 Å². The van der Waals surface area contributed by atoms with Crippen LogP contribution in [0.25, 0.3) is 0 Å². The summed E-state index contributed by atoms with van der Waals surface area (Å²) >= 11 is 5.84. The van der Waals surface area contributed by atoms with Gasteiger partial charge in [-0.25, -0.2) is 4.39 Å². The van der Waals surface area contributed by atoms with Gasteiger partial charge in [-0.3, -0.25) is 14.5 Å². The van der Waals surface area contributed by atoms with Crippen molar-refractivity contribution in [1.29, 1.82) is 0 Å². The van der Waals surface area contributed by atoms with E-state index in [1.807, 2.05) is 4.90 Å². The Morgan fingerprint density at radius 2 is 1.78 bits per heavy atom. The number of piperazine rings is 1. The number of carbonyl (C=O) groups excluding carboxylic acids is 1. The quantitative estimate of drug-likeness (QED) is 0.853. The van der Waals surface area contributed by atoms with Gasteiger partial charge in [-0.1, -0.05) is 17.7 Å². The first-order valence-electron chi connectivity index (χ1n) is 9.62. The minimum absolute atomic E-state index is 0.0269. The summed E-state index contributed by atoms with van der Waals surface area (Å²) in [6.07, 6.45) is 2.81. The molecule has 146 valence electrons. The molecule has 2 aliphatic carbocycles. The van der Waals surface area contributed by atoms with Gasteiger partial charge in [0, 0.05) is 32.7 Å². The van der Waals surface area contributed by atoms with Gasteiger partial charge in [-0.05, 0) is 48.8 Å². The molecule has 3 fully saturated rings. The lowest BCUT2D eigenvalue weighted by atomic mass is 9.78. The molecule has 1 aromatic rings. The fourth-order valence-corrected chi connectivity index (χ4v) is 5.44. The smallest absolute Gasteiger partial charge is 0.307 e. The van der Waals surface area contributed by atoms with Gasteiger partial charge in [0.15, 0.2) is 0 Å². The number of carbonyl (C=O) groups is 2. The zero-order valence-corrected chi connectivity index (χ0v) is 15.9. The lowest BCUT2D eigenvalue weighted by molar-refractivity contribution is -0.153. The van der Waals surface area contributed by atoms with E-state index in [1.165, 1.54) is 6.07 Å². The Balaban J connectivity index is 1.35. The monoisotopic (exact) mass is 394 g/mol. The molecule has 0 spiro atoms. The number of aliphatic carboxylic acids is 1. The van der Waals surface area contributed by atoms with Crippen LogP contribution < -0.4 is 0 Å². The summed E-state index contributed by atoms with van der Waals surface area (Å²) in [6, 6.07) is 4.74. The number of hydrogen-bond acceptors (Lipinski definition) is 3. The molecule has 1 aliphatic heterocycles. The maximum atomic E-state index is 13.3. The highest BCUT2D eigenvalue weighted by molar-refractivity contribution is 6.30. The third-order valence-corrected chi connectivity index (χ3v) is 6.85. The second-order valence-electron chi connectivity index (χ2n) is 8.07. The number of carboxylic acids is 1. The molecule has 0 aromatic heterocycles. The average Bonchev–Trinajstić information content (AvgIpc) is 3.26. The maximum absolute atomic E-state index is 13.3. The van der Waals surface area contributed by atoms with Crippen LogP contribution >= 0.6 is 11.6 Å². The second kappa shape index (κ2) is 7.40. The highest BCUT2D eigenvalue weighted by Gasteiger charge is 2.54. The van der Waals surface area contributed by atoms with Crippen molar-refractivity contribution in [3.05, 3.63) is 34.6 Å². The second-order valence-corrected chi connectivity index (χ2v) is 8.48. The number of nitrogens with zero attached hydrogens (tertiary/aromatic N) is 2. The van der Waals surface area contributed by atoms with Crippen molar-refractivity contribution < 1.29 is 19.1 Å². The van der Waals surface area contributed by atoms with E-state index in [-0.39, 0.29) is 28.7 Å². The first kappa shape index (κ1) is 18.7. The highest BCUT2D eigenvalue weighted by atomic mass is 35.5. The summed E-state index contributed by atoms with van der Waals surface area (Å²) in [5, 5.41) is 9.71. The molecule has 2 saturated carbocycles. The van der Waals surface area contributed by atoms with Gasteiger partial charge < -0.3 is 10.0 Å². The van der Waals surface area contributed by atoms with Crippen molar-refractivity contribution in [1.82, 2.24) is 9.80 Å². The number of benzene rings is 1. The van der Waals surface area contributed by atoms with E-state index in [2.05, 4.69) is 4.90 Å². The molecule has 3 aliphatic rings. The zero-order chi connectivity index (χ0) is 19.1. The summed E-state index contributed by atoms with van der Waals surface area (Å²) in [5.74, 6) is -1.64. The topological polar surface area (TPSA) is 60.9 Å². The summed E-state index contributed by atoms with van der Waals surface area (Å²) in [7, 11) is 0. The summed E-state index contributed by atoms with van der Waals surface area (Å²) in [6.45, 7) is 3.31. The van der Waals surface area contributed by atoms with Gasteiger partial charge in [0.1, 0.15) is 5.82 Å². The van der Waals surface area contributed by atoms with Crippen LogP contribution in [0.3, 0.4) is 0 Å². The van der Waals surface area contributed by atoms with Gasteiger partial charge in [-0.15, -0.1) is 0 Å². The molecular weight excluding hydrogens is 371 g/mol. The predicted octanol–water partition coefficient (Wildman–Crippen LogP) is 2.87. The van der Waals surface area contributed by atoms with Crippen LogP contribution in [-0.2, 0) is 16.1 Å². The van der Waals surface area contributed by atoms with Crippen molar-refractivity contribution in [3.63, 3.8) is 0 Å². The van der Waals surface area contributed by atoms with Crippen LogP contribution in [-0.4, -0.2) is 53.0 Å². The summed E-state index contributed by atoms with van der Waals surface area (Å²) in [4.78, 5) is 28.8. The third-order valence-electron chi connectivity index (χ3n) is 6.56. The van der Waals surface area contributed by atoms with Crippen LogP contribution in [0.1, 0.15) is 24.8 Å². The Labute approximate surface area is 163 Å². The van der Waals surface area contributed by atoms with E-state index in [4.69, 9.17) is 11.6 Å². The largest absolute Gasteiger partial charge is 0.481 e. The van der Waals surface area contributed by atoms with E-state index < -0.39 is 17.7 Å². The number of hydrogen-bond donors (Lipinski definition) is 1. The maximum Gasteiger partial charge on any atom is 0.307 e. The number of halogens is 2. The van der Waals surface area contributed by atoms with E-state index in [9.17, 15) is 19.1 Å². The Bertz CT molecular complexity index is 751. The molecule has 1 saturated heterocycles. The van der Waals surface area contributed by atoms with Crippen molar-refractivity contribution in [2.45, 2.75) is 25.8 Å². The summed E-state index contributed by atoms with van der Waals surface area (Å²) in [5.41, 5.74) is 0.945. The molecule has 4 rings (SSSR count). The number of carboxylic acid groups (broad SMARTS) is 1. The van der Waals surface area contributed by atoms with Crippen LogP contribution in [0.5, 0.6) is 0 Å². The van der Waals surface area contributed by atoms with Gasteiger partial charge in [0.2, 0.25) is 5.91 Å². The molecule has 0 radical (unpaired) electrons. The Hall–Kier alpha value is -1.66. The first-order valence-corrected chi connectivity index (χ1v) is 9.99. The molecule has 27 heavy (non-hydrogen) atoms. The van der Waals surface area contributed by atoms with Crippen molar-refractivity contribution >= 4 is 23.5 Å². The molecule has 1 heterocycles. The number of rotatable bonds is 4. The zero-order valence-electron chi connectivity index (χ0n) is 15.1. The molecule has 7 heteroatoms. The molecule has 1 N–H and O–H groups in total. The molecule has 1 aromatic carbocycles. The van der Waals surface area contributed by atoms with E-state index in [1.54, 1.807) is 12.1 Å². The minimum Gasteiger partial charge on any atom is -0.481 e. The van der Waals surface area contributed by atoms with Gasteiger partial charge in [0.25, 0.3) is 0 Å². The fraction of sp³-hybridized carbons (Fsp3) is 0.600. The SMILES string of the molecule is O=C(O)[C@@H]1[C@H]2CC[C@@H](C2)[C@@H]1C(=O)N1CCN(Cc2ccc(F)c(Cl)c2)CC1. The predicted molar refractivity (Wildman–Crippen MR) is 98.7 cm³/mol. The Kier molecular flexibility index (Phi) is 5.12. The fourth-order valence-electron chi connectivity index (χ4n) is 5.24. The molecule has 0 unspecified atom stereocenters. The number of amides is 1.